The molecule has 0 bridgehead atoms. The monoisotopic (exact) mass is 328 g/mol. The number of aromatic amines is 1. The van der Waals surface area contributed by atoms with Crippen LogP contribution < -0.4 is 0 Å². The van der Waals surface area contributed by atoms with Gasteiger partial charge in [0.25, 0.3) is 0 Å². The number of hydrogen-bond acceptors (Lipinski definition) is 2. The van der Waals surface area contributed by atoms with Crippen molar-refractivity contribution < 1.29 is 5.11 Å². The molecule has 3 nitrogen and oxygen atoms in total. The van der Waals surface area contributed by atoms with E-state index in [1.165, 1.54) is 56.2 Å². The third-order valence-electron chi connectivity index (χ3n) is 9.46. The van der Waals surface area contributed by atoms with Gasteiger partial charge in [-0.05, 0) is 98.4 Å². The summed E-state index contributed by atoms with van der Waals surface area (Å²) in [6, 6.07) is 0. The number of aliphatic hydroxyl groups is 1. The molecule has 2 N–H and O–H groups in total. The van der Waals surface area contributed by atoms with Gasteiger partial charge in [0.15, 0.2) is 0 Å². The molecule has 1 heterocycles. The lowest BCUT2D eigenvalue weighted by atomic mass is 9.44. The van der Waals surface area contributed by atoms with Crippen molar-refractivity contribution in [1.29, 1.82) is 0 Å². The molecule has 0 aliphatic heterocycles. The predicted octanol–water partition coefficient (Wildman–Crippen LogP) is 4.12. The summed E-state index contributed by atoms with van der Waals surface area (Å²) >= 11 is 0. The Balaban J connectivity index is 1.50. The molecule has 3 heteroatoms. The highest BCUT2D eigenvalue weighted by Gasteiger charge is 2.63. The highest BCUT2D eigenvalue weighted by Crippen LogP contribution is 2.67. The Morgan fingerprint density at radius 2 is 1.88 bits per heavy atom. The Morgan fingerprint density at radius 1 is 1.08 bits per heavy atom. The third kappa shape index (κ3) is 1.75. The molecule has 0 aromatic carbocycles. The van der Waals surface area contributed by atoms with E-state index in [1.807, 2.05) is 0 Å². The molecule has 0 saturated heterocycles. The lowest BCUT2D eigenvalue weighted by Gasteiger charge is -2.60. The first-order valence-corrected chi connectivity index (χ1v) is 10.1. The second-order valence-electron chi connectivity index (χ2n) is 10.2. The summed E-state index contributed by atoms with van der Waals surface area (Å²) in [5.41, 5.74) is 3.01. The minimum atomic E-state index is -0.454. The van der Waals surface area contributed by atoms with E-state index < -0.39 is 5.60 Å². The van der Waals surface area contributed by atoms with Crippen molar-refractivity contribution in [1.82, 2.24) is 10.2 Å². The normalized spacial score (nSPS) is 53.0. The van der Waals surface area contributed by atoms with E-state index in [0.717, 1.165) is 30.1 Å². The van der Waals surface area contributed by atoms with E-state index in [1.54, 1.807) is 0 Å². The van der Waals surface area contributed by atoms with E-state index >= 15 is 0 Å². The van der Waals surface area contributed by atoms with Crippen LogP contribution in [-0.4, -0.2) is 20.9 Å². The lowest BCUT2D eigenvalue weighted by Crippen LogP contribution is -2.56. The largest absolute Gasteiger partial charge is 0.390 e. The summed E-state index contributed by atoms with van der Waals surface area (Å²) < 4.78 is 0. The van der Waals surface area contributed by atoms with E-state index in [2.05, 4.69) is 37.2 Å². The zero-order chi connectivity index (χ0) is 16.7. The van der Waals surface area contributed by atoms with Gasteiger partial charge in [-0.2, -0.15) is 5.10 Å². The first-order valence-electron chi connectivity index (χ1n) is 10.1. The van der Waals surface area contributed by atoms with Crippen LogP contribution in [0.1, 0.15) is 70.6 Å². The van der Waals surface area contributed by atoms with Crippen molar-refractivity contribution >= 4 is 0 Å². The van der Waals surface area contributed by atoms with Gasteiger partial charge in [-0.1, -0.05) is 13.8 Å². The quantitative estimate of drug-likeness (QED) is 0.752. The number of nitrogens with zero attached hydrogens (tertiary/aromatic N) is 1. The summed E-state index contributed by atoms with van der Waals surface area (Å²) in [7, 11) is 0. The second kappa shape index (κ2) is 4.66. The summed E-state index contributed by atoms with van der Waals surface area (Å²) in [5, 5.41) is 18.6. The van der Waals surface area contributed by atoms with Crippen molar-refractivity contribution in [2.75, 3.05) is 0 Å². The fourth-order valence-electron chi connectivity index (χ4n) is 7.71. The molecule has 5 rings (SSSR count). The molecule has 0 radical (unpaired) electrons. The van der Waals surface area contributed by atoms with Crippen molar-refractivity contribution in [3.05, 3.63) is 17.5 Å². The molecule has 4 aliphatic carbocycles. The first kappa shape index (κ1) is 15.4. The van der Waals surface area contributed by atoms with Crippen LogP contribution in [0, 0.1) is 34.5 Å². The topological polar surface area (TPSA) is 48.9 Å². The second-order valence-corrected chi connectivity index (χ2v) is 10.2. The summed E-state index contributed by atoms with van der Waals surface area (Å²) in [5.74, 6) is 3.21. The minimum Gasteiger partial charge on any atom is -0.390 e. The molecule has 1 aromatic rings. The number of rotatable bonds is 0. The molecule has 1 aromatic heterocycles. The standard InChI is InChI=1S/C21H32N2O/c1-19-11-13-12-22-23-18(13)10-14(19)4-5-15-16(19)6-8-20(2)17(15)7-9-21(20,3)24/h12,14-17,24H,4-11H2,1-3H3,(H,22,23)/t14-,15+,16-,17+,19-,20+,21-/m0/s1. The molecule has 0 spiro atoms. The Labute approximate surface area is 145 Å². The van der Waals surface area contributed by atoms with E-state index in [-0.39, 0.29) is 5.41 Å². The Morgan fingerprint density at radius 3 is 2.71 bits per heavy atom. The first-order chi connectivity index (χ1) is 11.4. The number of H-pyrrole nitrogens is 1. The van der Waals surface area contributed by atoms with Gasteiger partial charge in [0.2, 0.25) is 0 Å². The molecule has 3 saturated carbocycles. The van der Waals surface area contributed by atoms with Crippen molar-refractivity contribution in [2.24, 2.45) is 34.5 Å². The molecule has 3 fully saturated rings. The van der Waals surface area contributed by atoms with Crippen LogP contribution in [-0.2, 0) is 12.8 Å². The molecule has 4 aliphatic rings. The van der Waals surface area contributed by atoms with Gasteiger partial charge < -0.3 is 5.11 Å². The maximum atomic E-state index is 11.0. The predicted molar refractivity (Wildman–Crippen MR) is 94.5 cm³/mol. The fraction of sp³-hybridized carbons (Fsp3) is 0.857. The van der Waals surface area contributed by atoms with Crippen LogP contribution in [0.15, 0.2) is 6.20 Å². The summed E-state index contributed by atoms with van der Waals surface area (Å²) in [6.07, 6.45) is 12.0. The molecule has 132 valence electrons. The third-order valence-corrected chi connectivity index (χ3v) is 9.46. The van der Waals surface area contributed by atoms with Gasteiger partial charge in [0.05, 0.1) is 11.8 Å². The van der Waals surface area contributed by atoms with Crippen LogP contribution in [0.5, 0.6) is 0 Å². The summed E-state index contributed by atoms with van der Waals surface area (Å²) in [4.78, 5) is 0. The number of hydrogen-bond donors (Lipinski definition) is 2. The number of aromatic nitrogens is 2. The molecular formula is C21H32N2O. The van der Waals surface area contributed by atoms with Crippen LogP contribution in [0.4, 0.5) is 0 Å². The SMILES string of the molecule is C[C@]12Cc3cn[nH]c3C[C@@H]1CC[C@H]1[C@H]3CC[C@](C)(O)[C@]3(C)CC[C@@H]12. The maximum Gasteiger partial charge on any atom is 0.0675 e. The van der Waals surface area contributed by atoms with Gasteiger partial charge in [-0.25, -0.2) is 0 Å². The highest BCUT2D eigenvalue weighted by atomic mass is 16.3. The molecule has 24 heavy (non-hydrogen) atoms. The van der Waals surface area contributed by atoms with Crippen LogP contribution >= 0.6 is 0 Å². The number of nitrogens with one attached hydrogen (secondary N) is 1. The van der Waals surface area contributed by atoms with Gasteiger partial charge in [0, 0.05) is 5.69 Å². The van der Waals surface area contributed by atoms with E-state index in [0.29, 0.717) is 5.41 Å². The van der Waals surface area contributed by atoms with Gasteiger partial charge in [-0.15, -0.1) is 0 Å². The van der Waals surface area contributed by atoms with Crippen molar-refractivity contribution in [2.45, 2.75) is 77.7 Å². The smallest absolute Gasteiger partial charge is 0.0675 e. The summed E-state index contributed by atoms with van der Waals surface area (Å²) in [6.45, 7) is 7.09. The van der Waals surface area contributed by atoms with Crippen LogP contribution in [0.3, 0.4) is 0 Å². The van der Waals surface area contributed by atoms with Gasteiger partial charge in [-0.3, -0.25) is 5.10 Å². The maximum absolute atomic E-state index is 11.0. The van der Waals surface area contributed by atoms with E-state index in [4.69, 9.17) is 0 Å². The van der Waals surface area contributed by atoms with E-state index in [9.17, 15) is 5.11 Å². The molecule has 7 atom stereocenters. The van der Waals surface area contributed by atoms with Crippen molar-refractivity contribution in [3.8, 4) is 0 Å². The highest BCUT2D eigenvalue weighted by molar-refractivity contribution is 5.26. The average Bonchev–Trinajstić information content (AvgIpc) is 3.06. The molecule has 0 amide bonds. The molecule has 0 unspecified atom stereocenters. The Bertz CT molecular complexity index is 665. The minimum absolute atomic E-state index is 0.146. The fourth-order valence-corrected chi connectivity index (χ4v) is 7.71. The van der Waals surface area contributed by atoms with Crippen LogP contribution in [0.25, 0.3) is 0 Å². The van der Waals surface area contributed by atoms with Gasteiger partial charge in [0.1, 0.15) is 0 Å². The van der Waals surface area contributed by atoms with Gasteiger partial charge >= 0.3 is 0 Å². The number of fused-ring (bicyclic) bond motifs is 6. The average molecular weight is 329 g/mol. The van der Waals surface area contributed by atoms with Crippen LogP contribution in [0.2, 0.25) is 0 Å². The Hall–Kier alpha value is -0.830. The zero-order valence-electron chi connectivity index (χ0n) is 15.4. The zero-order valence-corrected chi connectivity index (χ0v) is 15.4. The van der Waals surface area contributed by atoms with Crippen molar-refractivity contribution in [3.63, 3.8) is 0 Å². The Kier molecular flexibility index (Phi) is 3.00. The molecular weight excluding hydrogens is 296 g/mol. The lowest BCUT2D eigenvalue weighted by molar-refractivity contribution is -0.139.